The molecule has 1 N–H and O–H groups in total. The van der Waals surface area contributed by atoms with Crippen molar-refractivity contribution < 1.29 is 9.90 Å². The van der Waals surface area contributed by atoms with E-state index in [-0.39, 0.29) is 5.56 Å². The van der Waals surface area contributed by atoms with Gasteiger partial charge in [0.1, 0.15) is 0 Å². The van der Waals surface area contributed by atoms with Crippen LogP contribution in [0.15, 0.2) is 48.7 Å². The van der Waals surface area contributed by atoms with Crippen LogP contribution in [0.1, 0.15) is 15.9 Å². The predicted octanol–water partition coefficient (Wildman–Crippen LogP) is 4.13. The molecule has 0 radical (unpaired) electrons. The Bertz CT molecular complexity index is 928. The standard InChI is InChI=1S/C17H9ClN2O2/c18-14-9-20-15-6-5-12(17(21)22)7-13(15)16(14)11-3-1-10(8-19)2-4-11/h1-7,9H,(H,21,22). The van der Waals surface area contributed by atoms with Crippen LogP contribution in [0.25, 0.3) is 22.0 Å². The summed E-state index contributed by atoms with van der Waals surface area (Å²) in [6, 6.07) is 13.7. The first-order valence-electron chi connectivity index (χ1n) is 6.42. The maximum absolute atomic E-state index is 11.2. The Morgan fingerprint density at radius 2 is 1.91 bits per heavy atom. The number of carboxylic acids is 1. The number of fused-ring (bicyclic) bond motifs is 1. The molecule has 0 spiro atoms. The van der Waals surface area contributed by atoms with Crippen LogP contribution < -0.4 is 0 Å². The van der Waals surface area contributed by atoms with E-state index in [1.54, 1.807) is 36.4 Å². The molecule has 2 aromatic carbocycles. The van der Waals surface area contributed by atoms with Gasteiger partial charge in [0.05, 0.1) is 27.7 Å². The van der Waals surface area contributed by atoms with E-state index in [1.807, 2.05) is 0 Å². The summed E-state index contributed by atoms with van der Waals surface area (Å²) in [5, 5.41) is 19.1. The molecule has 5 heteroatoms. The molecule has 106 valence electrons. The quantitative estimate of drug-likeness (QED) is 0.772. The Hall–Kier alpha value is -2.90. The van der Waals surface area contributed by atoms with Gasteiger partial charge in [-0.3, -0.25) is 4.98 Å². The van der Waals surface area contributed by atoms with E-state index in [4.69, 9.17) is 22.0 Å². The zero-order valence-corrected chi connectivity index (χ0v) is 12.0. The highest BCUT2D eigenvalue weighted by Gasteiger charge is 2.12. The van der Waals surface area contributed by atoms with Gasteiger partial charge in [0.2, 0.25) is 0 Å². The van der Waals surface area contributed by atoms with Crippen molar-refractivity contribution in [1.82, 2.24) is 4.98 Å². The van der Waals surface area contributed by atoms with Gasteiger partial charge >= 0.3 is 5.97 Å². The van der Waals surface area contributed by atoms with Crippen molar-refractivity contribution in [3.8, 4) is 17.2 Å². The highest BCUT2D eigenvalue weighted by molar-refractivity contribution is 6.34. The average molecular weight is 309 g/mol. The maximum atomic E-state index is 11.2. The Balaban J connectivity index is 2.30. The fraction of sp³-hybridized carbons (Fsp3) is 0. The molecule has 0 bridgehead atoms. The molecule has 3 aromatic rings. The lowest BCUT2D eigenvalue weighted by Gasteiger charge is -2.09. The highest BCUT2D eigenvalue weighted by Crippen LogP contribution is 2.34. The Morgan fingerprint density at radius 1 is 1.18 bits per heavy atom. The molecule has 22 heavy (non-hydrogen) atoms. The van der Waals surface area contributed by atoms with Crippen LogP contribution in [-0.2, 0) is 0 Å². The van der Waals surface area contributed by atoms with Crippen LogP contribution in [0.4, 0.5) is 0 Å². The van der Waals surface area contributed by atoms with Crippen LogP contribution >= 0.6 is 11.6 Å². The molecule has 0 atom stereocenters. The molecule has 0 aliphatic rings. The van der Waals surface area contributed by atoms with E-state index in [0.29, 0.717) is 27.1 Å². The molecule has 1 heterocycles. The third-order valence-corrected chi connectivity index (χ3v) is 3.66. The smallest absolute Gasteiger partial charge is 0.335 e. The van der Waals surface area contributed by atoms with Gasteiger partial charge in [-0.2, -0.15) is 5.26 Å². The van der Waals surface area contributed by atoms with Crippen LogP contribution in [0, 0.1) is 11.3 Å². The maximum Gasteiger partial charge on any atom is 0.335 e. The molecule has 1 aromatic heterocycles. The Kier molecular flexibility index (Phi) is 3.50. The summed E-state index contributed by atoms with van der Waals surface area (Å²) in [5.41, 5.74) is 2.89. The SMILES string of the molecule is N#Cc1ccc(-c2c(Cl)cnc3ccc(C(=O)O)cc23)cc1. The van der Waals surface area contributed by atoms with Crippen LogP contribution in [0.2, 0.25) is 5.02 Å². The number of rotatable bonds is 2. The molecular formula is C17H9ClN2O2. The number of pyridine rings is 1. The summed E-state index contributed by atoms with van der Waals surface area (Å²) < 4.78 is 0. The molecule has 3 rings (SSSR count). The second kappa shape index (κ2) is 5.47. The van der Waals surface area contributed by atoms with Crippen molar-refractivity contribution in [3.05, 3.63) is 64.8 Å². The number of nitrogens with zero attached hydrogens (tertiary/aromatic N) is 2. The van der Waals surface area contributed by atoms with Crippen LogP contribution in [0.5, 0.6) is 0 Å². The summed E-state index contributed by atoms with van der Waals surface area (Å²) in [6.45, 7) is 0. The van der Waals surface area contributed by atoms with Crippen LogP contribution in [0.3, 0.4) is 0 Å². The second-order valence-electron chi connectivity index (χ2n) is 4.71. The first-order chi connectivity index (χ1) is 10.6. The molecular weight excluding hydrogens is 300 g/mol. The predicted molar refractivity (Wildman–Crippen MR) is 83.9 cm³/mol. The van der Waals surface area contributed by atoms with Crippen molar-refractivity contribution in [1.29, 1.82) is 5.26 Å². The number of aromatic carboxylic acids is 1. The lowest BCUT2D eigenvalue weighted by atomic mass is 9.99. The normalized spacial score (nSPS) is 10.4. The monoisotopic (exact) mass is 308 g/mol. The number of hydrogen-bond acceptors (Lipinski definition) is 3. The van der Waals surface area contributed by atoms with Crippen molar-refractivity contribution in [2.24, 2.45) is 0 Å². The van der Waals surface area contributed by atoms with Crippen molar-refractivity contribution in [2.45, 2.75) is 0 Å². The van der Waals surface area contributed by atoms with Crippen molar-refractivity contribution >= 4 is 28.5 Å². The summed E-state index contributed by atoms with van der Waals surface area (Å²) in [7, 11) is 0. The first kappa shape index (κ1) is 14.1. The molecule has 0 saturated carbocycles. The van der Waals surface area contributed by atoms with E-state index in [9.17, 15) is 4.79 Å². The third-order valence-electron chi connectivity index (χ3n) is 3.37. The summed E-state index contributed by atoms with van der Waals surface area (Å²) >= 11 is 6.27. The first-order valence-corrected chi connectivity index (χ1v) is 6.80. The molecule has 0 fully saturated rings. The van der Waals surface area contributed by atoms with Gasteiger partial charge in [0.25, 0.3) is 0 Å². The molecule has 0 aliphatic heterocycles. The number of halogens is 1. The lowest BCUT2D eigenvalue weighted by Crippen LogP contribution is -1.96. The minimum atomic E-state index is -1.01. The van der Waals surface area contributed by atoms with Gasteiger partial charge in [-0.15, -0.1) is 0 Å². The molecule has 4 nitrogen and oxygen atoms in total. The van der Waals surface area contributed by atoms with Crippen molar-refractivity contribution in [3.63, 3.8) is 0 Å². The number of aromatic nitrogens is 1. The zero-order chi connectivity index (χ0) is 15.7. The van der Waals surface area contributed by atoms with Gasteiger partial charge < -0.3 is 5.11 Å². The lowest BCUT2D eigenvalue weighted by molar-refractivity contribution is 0.0697. The minimum Gasteiger partial charge on any atom is -0.478 e. The Labute approximate surface area is 131 Å². The molecule has 0 amide bonds. The third kappa shape index (κ3) is 2.39. The second-order valence-corrected chi connectivity index (χ2v) is 5.11. The number of carboxylic acid groups (broad SMARTS) is 1. The number of benzene rings is 2. The Morgan fingerprint density at radius 3 is 2.55 bits per heavy atom. The molecule has 0 saturated heterocycles. The van der Waals surface area contributed by atoms with E-state index in [1.165, 1.54) is 12.3 Å². The molecule has 0 unspecified atom stereocenters. The number of nitriles is 1. The average Bonchev–Trinajstić information content (AvgIpc) is 2.54. The van der Waals surface area contributed by atoms with E-state index in [2.05, 4.69) is 11.1 Å². The van der Waals surface area contributed by atoms with Gasteiger partial charge in [-0.25, -0.2) is 4.79 Å². The molecule has 0 aliphatic carbocycles. The zero-order valence-electron chi connectivity index (χ0n) is 11.2. The highest BCUT2D eigenvalue weighted by atomic mass is 35.5. The fourth-order valence-electron chi connectivity index (χ4n) is 2.31. The topological polar surface area (TPSA) is 74.0 Å². The van der Waals surface area contributed by atoms with Crippen molar-refractivity contribution in [2.75, 3.05) is 0 Å². The number of carbonyl (C=O) groups is 1. The van der Waals surface area contributed by atoms with Gasteiger partial charge in [-0.1, -0.05) is 23.7 Å². The summed E-state index contributed by atoms with van der Waals surface area (Å²) in [6.07, 6.45) is 1.54. The van der Waals surface area contributed by atoms with Gasteiger partial charge in [0.15, 0.2) is 0 Å². The summed E-state index contributed by atoms with van der Waals surface area (Å²) in [5.74, 6) is -1.01. The largest absolute Gasteiger partial charge is 0.478 e. The minimum absolute atomic E-state index is 0.173. The van der Waals surface area contributed by atoms with E-state index >= 15 is 0 Å². The van der Waals surface area contributed by atoms with E-state index in [0.717, 1.165) is 5.56 Å². The van der Waals surface area contributed by atoms with Gasteiger partial charge in [-0.05, 0) is 35.9 Å². The number of hydrogen-bond donors (Lipinski definition) is 1. The fourth-order valence-corrected chi connectivity index (χ4v) is 2.57. The van der Waals surface area contributed by atoms with Gasteiger partial charge in [0, 0.05) is 17.1 Å². The summed E-state index contributed by atoms with van der Waals surface area (Å²) in [4.78, 5) is 15.4. The van der Waals surface area contributed by atoms with Crippen LogP contribution in [-0.4, -0.2) is 16.1 Å². The van der Waals surface area contributed by atoms with E-state index < -0.39 is 5.97 Å².